The molecule has 0 aromatic heterocycles. The van der Waals surface area contributed by atoms with Gasteiger partial charge in [-0.2, -0.15) is 0 Å². The third-order valence-electron chi connectivity index (χ3n) is 5.21. The fourth-order valence-electron chi connectivity index (χ4n) is 3.96. The van der Waals surface area contributed by atoms with E-state index in [2.05, 4.69) is 29.3 Å². The van der Waals surface area contributed by atoms with Crippen molar-refractivity contribution in [3.63, 3.8) is 0 Å². The summed E-state index contributed by atoms with van der Waals surface area (Å²) < 4.78 is 0. The van der Waals surface area contributed by atoms with Crippen LogP contribution in [0, 0.1) is 5.92 Å². The number of rotatable bonds is 3. The second-order valence-corrected chi connectivity index (χ2v) is 6.63. The quantitative estimate of drug-likeness (QED) is 0.773. The molecular formula is C16H28N2. The molecule has 102 valence electrons. The van der Waals surface area contributed by atoms with Gasteiger partial charge < -0.3 is 5.32 Å². The molecule has 1 heterocycles. The van der Waals surface area contributed by atoms with E-state index in [4.69, 9.17) is 0 Å². The average Bonchev–Trinajstić information content (AvgIpc) is 3.22. The van der Waals surface area contributed by atoms with Crippen molar-refractivity contribution in [1.29, 1.82) is 0 Å². The Balaban J connectivity index is 1.67. The first-order valence-electron chi connectivity index (χ1n) is 7.93. The zero-order valence-electron chi connectivity index (χ0n) is 11.8. The zero-order chi connectivity index (χ0) is 12.4. The topological polar surface area (TPSA) is 15.3 Å². The standard InChI is InChI=1S/C16H28N2/c1-2-3-11-18-13-16(9-5-4-6-10-16)17-12-15(18)14-7-8-14/h2-3,14-15,17H,4-13H2,1H3/b3-2+. The van der Waals surface area contributed by atoms with E-state index in [0.717, 1.165) is 12.0 Å². The molecule has 2 saturated carbocycles. The maximum atomic E-state index is 3.95. The zero-order valence-corrected chi connectivity index (χ0v) is 11.8. The smallest absolute Gasteiger partial charge is 0.0309 e. The van der Waals surface area contributed by atoms with Crippen LogP contribution in [0.1, 0.15) is 51.9 Å². The molecule has 2 aliphatic carbocycles. The Bertz CT molecular complexity index is 300. The van der Waals surface area contributed by atoms with Gasteiger partial charge in [0.2, 0.25) is 0 Å². The highest BCUT2D eigenvalue weighted by Crippen LogP contribution is 2.39. The van der Waals surface area contributed by atoms with Crippen molar-refractivity contribution in [2.45, 2.75) is 63.5 Å². The molecule has 3 aliphatic rings. The molecule has 1 spiro atoms. The third-order valence-corrected chi connectivity index (χ3v) is 5.21. The minimum Gasteiger partial charge on any atom is -0.308 e. The molecular weight excluding hydrogens is 220 g/mol. The Kier molecular flexibility index (Phi) is 3.76. The molecule has 1 N–H and O–H groups in total. The first-order chi connectivity index (χ1) is 8.83. The average molecular weight is 248 g/mol. The first kappa shape index (κ1) is 12.7. The Labute approximate surface area is 112 Å². The highest BCUT2D eigenvalue weighted by molar-refractivity contribution is 5.04. The van der Waals surface area contributed by atoms with Crippen LogP contribution in [0.15, 0.2) is 12.2 Å². The molecule has 0 amide bonds. The van der Waals surface area contributed by atoms with Crippen molar-refractivity contribution in [3.8, 4) is 0 Å². The fraction of sp³-hybridized carbons (Fsp3) is 0.875. The van der Waals surface area contributed by atoms with E-state index in [9.17, 15) is 0 Å². The summed E-state index contributed by atoms with van der Waals surface area (Å²) in [5.74, 6) is 0.990. The van der Waals surface area contributed by atoms with Crippen molar-refractivity contribution in [2.24, 2.45) is 5.92 Å². The highest BCUT2D eigenvalue weighted by Gasteiger charge is 2.44. The van der Waals surface area contributed by atoms with Gasteiger partial charge in [0.15, 0.2) is 0 Å². The number of nitrogens with one attached hydrogen (secondary N) is 1. The van der Waals surface area contributed by atoms with Crippen LogP contribution < -0.4 is 5.32 Å². The van der Waals surface area contributed by atoms with E-state index in [1.165, 1.54) is 64.6 Å². The van der Waals surface area contributed by atoms with E-state index in [0.29, 0.717) is 5.54 Å². The van der Waals surface area contributed by atoms with Crippen molar-refractivity contribution in [2.75, 3.05) is 19.6 Å². The van der Waals surface area contributed by atoms with Gasteiger partial charge in [-0.1, -0.05) is 31.4 Å². The lowest BCUT2D eigenvalue weighted by molar-refractivity contribution is 0.0553. The molecule has 1 atom stereocenters. The SMILES string of the molecule is C/C=C/CN1CC2(CCCCC2)NCC1C1CC1. The van der Waals surface area contributed by atoms with Crippen LogP contribution >= 0.6 is 0 Å². The van der Waals surface area contributed by atoms with E-state index < -0.39 is 0 Å². The van der Waals surface area contributed by atoms with Gasteiger partial charge in [-0.3, -0.25) is 4.90 Å². The summed E-state index contributed by atoms with van der Waals surface area (Å²) in [7, 11) is 0. The summed E-state index contributed by atoms with van der Waals surface area (Å²) in [6, 6.07) is 0.814. The summed E-state index contributed by atoms with van der Waals surface area (Å²) in [5.41, 5.74) is 0.464. The summed E-state index contributed by atoms with van der Waals surface area (Å²) in [6.45, 7) is 5.84. The minimum atomic E-state index is 0.464. The second-order valence-electron chi connectivity index (χ2n) is 6.63. The number of piperazine rings is 1. The summed E-state index contributed by atoms with van der Waals surface area (Å²) in [6.07, 6.45) is 14.6. The van der Waals surface area contributed by atoms with Crippen LogP contribution in [0.25, 0.3) is 0 Å². The molecule has 3 fully saturated rings. The maximum Gasteiger partial charge on any atom is 0.0309 e. The van der Waals surface area contributed by atoms with Crippen LogP contribution in [0.5, 0.6) is 0 Å². The van der Waals surface area contributed by atoms with Gasteiger partial charge in [0, 0.05) is 31.2 Å². The van der Waals surface area contributed by atoms with Gasteiger partial charge in [-0.15, -0.1) is 0 Å². The lowest BCUT2D eigenvalue weighted by atomic mass is 9.79. The number of allylic oxidation sites excluding steroid dienone is 1. The van der Waals surface area contributed by atoms with Crippen LogP contribution in [-0.4, -0.2) is 36.1 Å². The van der Waals surface area contributed by atoms with E-state index in [1.54, 1.807) is 0 Å². The molecule has 0 bridgehead atoms. The van der Waals surface area contributed by atoms with Gasteiger partial charge in [0.25, 0.3) is 0 Å². The highest BCUT2D eigenvalue weighted by atomic mass is 15.3. The van der Waals surface area contributed by atoms with Gasteiger partial charge in [0.1, 0.15) is 0 Å². The summed E-state index contributed by atoms with van der Waals surface area (Å²) >= 11 is 0. The molecule has 2 heteroatoms. The van der Waals surface area contributed by atoms with E-state index in [1.807, 2.05) is 0 Å². The lowest BCUT2D eigenvalue weighted by Gasteiger charge is -2.50. The molecule has 0 aromatic rings. The van der Waals surface area contributed by atoms with Crippen LogP contribution in [0.4, 0.5) is 0 Å². The fourth-order valence-corrected chi connectivity index (χ4v) is 3.96. The van der Waals surface area contributed by atoms with Gasteiger partial charge >= 0.3 is 0 Å². The predicted octanol–water partition coefficient (Wildman–Crippen LogP) is 2.95. The van der Waals surface area contributed by atoms with E-state index >= 15 is 0 Å². The summed E-state index contributed by atoms with van der Waals surface area (Å²) in [5, 5.41) is 3.95. The molecule has 18 heavy (non-hydrogen) atoms. The maximum absolute atomic E-state index is 3.95. The molecule has 0 radical (unpaired) electrons. The molecule has 1 saturated heterocycles. The largest absolute Gasteiger partial charge is 0.308 e. The monoisotopic (exact) mass is 248 g/mol. The predicted molar refractivity (Wildman–Crippen MR) is 76.7 cm³/mol. The molecule has 2 nitrogen and oxygen atoms in total. The van der Waals surface area contributed by atoms with Crippen LogP contribution in [-0.2, 0) is 0 Å². The normalized spacial score (nSPS) is 33.3. The summed E-state index contributed by atoms with van der Waals surface area (Å²) in [4.78, 5) is 2.78. The van der Waals surface area contributed by atoms with Gasteiger partial charge in [-0.25, -0.2) is 0 Å². The minimum absolute atomic E-state index is 0.464. The molecule has 3 rings (SSSR count). The second kappa shape index (κ2) is 5.34. The van der Waals surface area contributed by atoms with Crippen molar-refractivity contribution in [3.05, 3.63) is 12.2 Å². The molecule has 0 aromatic carbocycles. The molecule has 1 aliphatic heterocycles. The van der Waals surface area contributed by atoms with Gasteiger partial charge in [0.05, 0.1) is 0 Å². The van der Waals surface area contributed by atoms with Crippen LogP contribution in [0.3, 0.4) is 0 Å². The van der Waals surface area contributed by atoms with Crippen molar-refractivity contribution < 1.29 is 0 Å². The third kappa shape index (κ3) is 2.65. The van der Waals surface area contributed by atoms with E-state index in [-0.39, 0.29) is 0 Å². The number of hydrogen-bond donors (Lipinski definition) is 1. The number of hydrogen-bond acceptors (Lipinski definition) is 2. The Morgan fingerprint density at radius 3 is 2.67 bits per heavy atom. The Morgan fingerprint density at radius 2 is 2.00 bits per heavy atom. The number of nitrogens with zero attached hydrogens (tertiary/aromatic N) is 1. The lowest BCUT2D eigenvalue weighted by Crippen LogP contribution is -2.65. The Hall–Kier alpha value is -0.340. The van der Waals surface area contributed by atoms with Crippen molar-refractivity contribution in [1.82, 2.24) is 10.2 Å². The Morgan fingerprint density at radius 1 is 1.22 bits per heavy atom. The first-order valence-corrected chi connectivity index (χ1v) is 7.93. The van der Waals surface area contributed by atoms with Gasteiger partial charge in [-0.05, 0) is 38.5 Å². The van der Waals surface area contributed by atoms with Crippen molar-refractivity contribution >= 4 is 0 Å². The van der Waals surface area contributed by atoms with Crippen LogP contribution in [0.2, 0.25) is 0 Å². The molecule has 1 unspecified atom stereocenters.